The lowest BCUT2D eigenvalue weighted by atomic mass is 10.0. The van der Waals surface area contributed by atoms with Crippen LogP contribution in [0.25, 0.3) is 10.8 Å². The Balaban J connectivity index is 1.31. The first-order valence-corrected chi connectivity index (χ1v) is 10.1. The van der Waals surface area contributed by atoms with Gasteiger partial charge in [-0.15, -0.1) is 0 Å². The molecule has 0 spiro atoms. The number of rotatable bonds is 6. The van der Waals surface area contributed by atoms with E-state index in [9.17, 15) is 14.9 Å². The van der Waals surface area contributed by atoms with E-state index in [1.54, 1.807) is 17.0 Å². The Labute approximate surface area is 174 Å². The van der Waals surface area contributed by atoms with Crippen molar-refractivity contribution in [3.05, 3.63) is 82.4 Å². The van der Waals surface area contributed by atoms with Gasteiger partial charge >= 0.3 is 5.69 Å². The fraction of sp³-hybridized carbons (Fsp3) is 0.261. The lowest BCUT2D eigenvalue weighted by Gasteiger charge is -2.32. The summed E-state index contributed by atoms with van der Waals surface area (Å²) in [6.07, 6.45) is 0. The second-order valence-corrected chi connectivity index (χ2v) is 7.46. The van der Waals surface area contributed by atoms with Gasteiger partial charge in [-0.3, -0.25) is 14.9 Å². The molecule has 1 heterocycles. The van der Waals surface area contributed by atoms with Gasteiger partial charge in [-0.1, -0.05) is 54.6 Å². The third-order valence-corrected chi connectivity index (χ3v) is 5.56. The molecule has 3 aromatic carbocycles. The zero-order valence-corrected chi connectivity index (χ0v) is 16.6. The number of carbonyl (C=O) groups is 1. The highest BCUT2D eigenvalue weighted by Crippen LogP contribution is 2.25. The second kappa shape index (κ2) is 8.92. The molecule has 0 aromatic heterocycles. The number of hydrogen-bond donors (Lipinski definition) is 1. The largest absolute Gasteiger partial charge is 0.477 e. The standard InChI is InChI=1S/C23H23N3O4/c27-23(17-30-22-11-4-3-10-21(22)26(28)29)25-14-12-24(13-15-25)16-19-8-5-7-18-6-1-2-9-20(18)19/h1-11H,12-17H2/p+1. The minimum atomic E-state index is -0.505. The molecule has 1 N–H and O–H groups in total. The van der Waals surface area contributed by atoms with Gasteiger partial charge in [0.2, 0.25) is 0 Å². The zero-order valence-electron chi connectivity index (χ0n) is 16.6. The highest BCUT2D eigenvalue weighted by molar-refractivity contribution is 5.85. The molecule has 7 nitrogen and oxygen atoms in total. The first-order valence-electron chi connectivity index (χ1n) is 10.1. The van der Waals surface area contributed by atoms with E-state index in [1.165, 1.54) is 33.4 Å². The monoisotopic (exact) mass is 406 g/mol. The van der Waals surface area contributed by atoms with Crippen LogP contribution >= 0.6 is 0 Å². The van der Waals surface area contributed by atoms with Crippen LogP contribution in [0.3, 0.4) is 0 Å². The van der Waals surface area contributed by atoms with Crippen LogP contribution in [0.1, 0.15) is 5.56 Å². The summed E-state index contributed by atoms with van der Waals surface area (Å²) in [6.45, 7) is 3.76. The van der Waals surface area contributed by atoms with Crippen LogP contribution in [0.5, 0.6) is 5.75 Å². The molecule has 0 atom stereocenters. The lowest BCUT2D eigenvalue weighted by Crippen LogP contribution is -3.13. The van der Waals surface area contributed by atoms with Crippen molar-refractivity contribution in [2.75, 3.05) is 32.8 Å². The first kappa shape index (κ1) is 19.8. The van der Waals surface area contributed by atoms with Crippen molar-refractivity contribution in [3.8, 4) is 5.75 Å². The topological polar surface area (TPSA) is 77.1 Å². The number of amides is 1. The van der Waals surface area contributed by atoms with Gasteiger partial charge in [0.1, 0.15) is 6.54 Å². The van der Waals surface area contributed by atoms with Crippen molar-refractivity contribution in [1.82, 2.24) is 4.90 Å². The Morgan fingerprint density at radius 2 is 1.70 bits per heavy atom. The van der Waals surface area contributed by atoms with Crippen molar-refractivity contribution in [2.24, 2.45) is 0 Å². The van der Waals surface area contributed by atoms with Gasteiger partial charge < -0.3 is 14.5 Å². The molecule has 4 rings (SSSR count). The summed E-state index contributed by atoms with van der Waals surface area (Å²) < 4.78 is 5.44. The van der Waals surface area contributed by atoms with Gasteiger partial charge in [0.15, 0.2) is 12.4 Å². The maximum absolute atomic E-state index is 12.5. The molecule has 0 radical (unpaired) electrons. The Morgan fingerprint density at radius 3 is 2.50 bits per heavy atom. The molecule has 0 bridgehead atoms. The highest BCUT2D eigenvalue weighted by Gasteiger charge is 2.25. The van der Waals surface area contributed by atoms with E-state index in [0.717, 1.165) is 19.6 Å². The van der Waals surface area contributed by atoms with Crippen LogP contribution in [-0.2, 0) is 11.3 Å². The predicted molar refractivity (Wildman–Crippen MR) is 114 cm³/mol. The number of ether oxygens (including phenoxy) is 1. The van der Waals surface area contributed by atoms with Gasteiger partial charge in [0, 0.05) is 11.6 Å². The Kier molecular flexibility index (Phi) is 5.90. The molecule has 1 saturated heterocycles. The highest BCUT2D eigenvalue weighted by atomic mass is 16.6. The lowest BCUT2D eigenvalue weighted by molar-refractivity contribution is -0.917. The van der Waals surface area contributed by atoms with Gasteiger partial charge in [-0.2, -0.15) is 0 Å². The number of quaternary nitrogens is 1. The van der Waals surface area contributed by atoms with Crippen molar-refractivity contribution in [3.63, 3.8) is 0 Å². The summed E-state index contributed by atoms with van der Waals surface area (Å²) in [5, 5.41) is 13.6. The van der Waals surface area contributed by atoms with Gasteiger partial charge in [0.05, 0.1) is 31.1 Å². The molecule has 3 aromatic rings. The van der Waals surface area contributed by atoms with E-state index in [0.29, 0.717) is 13.1 Å². The SMILES string of the molecule is O=C(COc1ccccc1[N+](=O)[O-])N1CC[NH+](Cc2cccc3ccccc23)CC1. The van der Waals surface area contributed by atoms with Crippen LogP contribution in [0.15, 0.2) is 66.7 Å². The van der Waals surface area contributed by atoms with E-state index in [1.807, 2.05) is 0 Å². The van der Waals surface area contributed by atoms with Gasteiger partial charge in [-0.25, -0.2) is 0 Å². The molecule has 0 aliphatic carbocycles. The molecule has 0 unspecified atom stereocenters. The van der Waals surface area contributed by atoms with Crippen molar-refractivity contribution in [2.45, 2.75) is 6.54 Å². The molecule has 154 valence electrons. The molecule has 7 heteroatoms. The van der Waals surface area contributed by atoms with Crippen LogP contribution in [0.2, 0.25) is 0 Å². The Bertz CT molecular complexity index is 1060. The Morgan fingerprint density at radius 1 is 1.00 bits per heavy atom. The molecule has 1 fully saturated rings. The second-order valence-electron chi connectivity index (χ2n) is 7.46. The van der Waals surface area contributed by atoms with E-state index >= 15 is 0 Å². The number of nitro groups is 1. The molecular weight excluding hydrogens is 382 g/mol. The van der Waals surface area contributed by atoms with Crippen molar-refractivity contribution < 1.29 is 19.4 Å². The number of benzene rings is 3. The Hall–Kier alpha value is -3.45. The van der Waals surface area contributed by atoms with Crippen molar-refractivity contribution >= 4 is 22.4 Å². The molecule has 30 heavy (non-hydrogen) atoms. The third kappa shape index (κ3) is 4.41. The first-order chi connectivity index (χ1) is 14.6. The maximum Gasteiger partial charge on any atom is 0.310 e. The van der Waals surface area contributed by atoms with E-state index in [4.69, 9.17) is 4.74 Å². The number of fused-ring (bicyclic) bond motifs is 1. The average Bonchev–Trinajstić information content (AvgIpc) is 2.78. The summed E-state index contributed by atoms with van der Waals surface area (Å²) in [5.74, 6) is -0.0200. The minimum absolute atomic E-state index is 0.121. The number of hydrogen-bond acceptors (Lipinski definition) is 4. The summed E-state index contributed by atoms with van der Waals surface area (Å²) in [7, 11) is 0. The van der Waals surface area contributed by atoms with Gasteiger partial charge in [-0.05, 0) is 16.8 Å². The molecule has 1 aliphatic rings. The number of nitro benzene ring substituents is 1. The van der Waals surface area contributed by atoms with Crippen LogP contribution in [-0.4, -0.2) is 48.5 Å². The van der Waals surface area contributed by atoms with E-state index in [2.05, 4.69) is 42.5 Å². The summed E-state index contributed by atoms with van der Waals surface area (Å²) in [5.41, 5.74) is 1.19. The summed E-state index contributed by atoms with van der Waals surface area (Å²) in [6, 6.07) is 20.9. The normalized spacial score (nSPS) is 14.6. The zero-order chi connectivity index (χ0) is 20.9. The molecule has 0 saturated carbocycles. The fourth-order valence-corrected chi connectivity index (χ4v) is 3.93. The smallest absolute Gasteiger partial charge is 0.310 e. The van der Waals surface area contributed by atoms with E-state index < -0.39 is 4.92 Å². The maximum atomic E-state index is 12.5. The predicted octanol–water partition coefficient (Wildman–Crippen LogP) is 2.05. The third-order valence-electron chi connectivity index (χ3n) is 5.56. The minimum Gasteiger partial charge on any atom is -0.477 e. The number of para-hydroxylation sites is 2. The quantitative estimate of drug-likeness (QED) is 0.502. The molecule has 1 amide bonds. The van der Waals surface area contributed by atoms with Crippen LogP contribution in [0, 0.1) is 10.1 Å². The average molecular weight is 406 g/mol. The number of piperazine rings is 1. The van der Waals surface area contributed by atoms with Crippen LogP contribution < -0.4 is 9.64 Å². The fourth-order valence-electron chi connectivity index (χ4n) is 3.93. The van der Waals surface area contributed by atoms with Gasteiger partial charge in [0.25, 0.3) is 5.91 Å². The number of nitrogens with one attached hydrogen (secondary N) is 1. The summed E-state index contributed by atoms with van der Waals surface area (Å²) in [4.78, 5) is 26.3. The summed E-state index contributed by atoms with van der Waals surface area (Å²) >= 11 is 0. The van der Waals surface area contributed by atoms with Crippen LogP contribution in [0.4, 0.5) is 5.69 Å². The number of carbonyl (C=O) groups excluding carboxylic acids is 1. The van der Waals surface area contributed by atoms with Crippen molar-refractivity contribution in [1.29, 1.82) is 0 Å². The number of nitrogens with zero attached hydrogens (tertiary/aromatic N) is 2. The molecular formula is C23H24N3O4+. The molecule has 1 aliphatic heterocycles. The van der Waals surface area contributed by atoms with E-state index in [-0.39, 0.29) is 24.0 Å².